The zero-order chi connectivity index (χ0) is 53.1. The second-order valence-electron chi connectivity index (χ2n) is 10.0. The Morgan fingerprint density at radius 2 is 0.696 bits per heavy atom. The molecule has 9 aromatic rings. The summed E-state index contributed by atoms with van der Waals surface area (Å²) in [5.74, 6) is 0. The van der Waals surface area contributed by atoms with Gasteiger partial charge >= 0.3 is 0 Å². The smallest absolute Gasteiger partial charge is 0.0622 e. The van der Waals surface area contributed by atoms with E-state index in [1.54, 1.807) is 0 Å². The van der Waals surface area contributed by atoms with Crippen molar-refractivity contribution in [2.75, 3.05) is 0 Å². The summed E-state index contributed by atoms with van der Waals surface area (Å²) < 4.78 is 235. The summed E-state index contributed by atoms with van der Waals surface area (Å²) in [6.45, 7) is 0. The molecule has 0 nitrogen and oxygen atoms in total. The van der Waals surface area contributed by atoms with E-state index in [9.17, 15) is 15.1 Å². The van der Waals surface area contributed by atoms with Gasteiger partial charge in [-0.15, -0.1) is 0 Å². The number of rotatable bonds is 4. The highest BCUT2D eigenvalue weighted by Crippen LogP contribution is 2.47. The molecule has 0 bridgehead atoms. The lowest BCUT2D eigenvalue weighted by atomic mass is 9.83. The van der Waals surface area contributed by atoms with Gasteiger partial charge in [0.25, 0.3) is 0 Å². The van der Waals surface area contributed by atoms with Crippen LogP contribution in [0.15, 0.2) is 181 Å². The van der Waals surface area contributed by atoms with Gasteiger partial charge in [-0.05, 0) is 87.6 Å². The maximum absolute atomic E-state index is 9.60. The Labute approximate surface area is 305 Å². The molecular formula is C46H30. The van der Waals surface area contributed by atoms with Gasteiger partial charge in [0.2, 0.25) is 0 Å². The third-order valence-electron chi connectivity index (χ3n) is 7.65. The minimum Gasteiger partial charge on any atom is -0.0622 e. The molecule has 0 heterocycles. The van der Waals surface area contributed by atoms with E-state index in [0.717, 1.165) is 0 Å². The first kappa shape index (κ1) is 11.1. The van der Waals surface area contributed by atoms with Crippen LogP contribution in [0.4, 0.5) is 0 Å². The topological polar surface area (TPSA) is 0 Å². The van der Waals surface area contributed by atoms with Crippen LogP contribution in [0.2, 0.25) is 0 Å². The fourth-order valence-corrected chi connectivity index (χ4v) is 5.76. The van der Waals surface area contributed by atoms with Crippen LogP contribution in [0.25, 0.3) is 87.6 Å². The molecule has 0 saturated carbocycles. The molecule has 214 valence electrons. The molecule has 0 radical (unpaired) electrons. The van der Waals surface area contributed by atoms with Gasteiger partial charge in [0, 0.05) is 0 Å². The van der Waals surface area contributed by atoms with Crippen molar-refractivity contribution in [2.45, 2.75) is 0 Å². The monoisotopic (exact) mass is 608 g/mol. The van der Waals surface area contributed by atoms with E-state index >= 15 is 0 Å². The highest BCUT2D eigenvalue weighted by atomic mass is 14.2. The first-order chi connectivity index (χ1) is 33.7. The van der Waals surface area contributed by atoms with Gasteiger partial charge in [0.15, 0.2) is 0 Å². The van der Waals surface area contributed by atoms with Crippen LogP contribution < -0.4 is 0 Å². The quantitative estimate of drug-likeness (QED) is 0.174. The molecule has 0 fully saturated rings. The van der Waals surface area contributed by atoms with Crippen LogP contribution in [0.1, 0.15) is 35.6 Å². The number of hydrogen-bond donors (Lipinski definition) is 0. The highest BCUT2D eigenvalue weighted by molar-refractivity contribution is 6.25. The maximum atomic E-state index is 9.60. The van der Waals surface area contributed by atoms with Gasteiger partial charge in [-0.2, -0.15) is 0 Å². The second kappa shape index (κ2) is 10.9. The molecule has 0 aliphatic rings. The number of fused-ring (bicyclic) bond motifs is 4. The van der Waals surface area contributed by atoms with Crippen LogP contribution in [0.5, 0.6) is 0 Å². The van der Waals surface area contributed by atoms with Crippen molar-refractivity contribution in [3.63, 3.8) is 0 Å². The fourth-order valence-electron chi connectivity index (χ4n) is 5.76. The zero-order valence-corrected chi connectivity index (χ0v) is 23.3. The van der Waals surface area contributed by atoms with E-state index in [1.807, 2.05) is 0 Å². The summed E-state index contributed by atoms with van der Waals surface area (Å²) in [7, 11) is 0. The van der Waals surface area contributed by atoms with Crippen molar-refractivity contribution >= 4 is 43.1 Å². The molecule has 46 heavy (non-hydrogen) atoms. The van der Waals surface area contributed by atoms with Crippen molar-refractivity contribution in [1.82, 2.24) is 0 Å². The summed E-state index contributed by atoms with van der Waals surface area (Å²) in [6.07, 6.45) is 0. The molecule has 0 aromatic heterocycles. The molecule has 0 amide bonds. The standard InChI is InChI=1S/C46H30/c1-2-15-31(16-3-1)33-19-6-7-21-35(33)36-26-13-28-38-37(36)27-14-30-40(38)46-43-24-10-8-22-41(43)45(42-23-9-11-25-44(42)46)39-29-12-18-32-17-4-5-20-34(32)39/h1-30H/i1D,2D,3D,4D,5D,8D,9D,10D,11D,12D,13D,14D,15D,16D,17D,18D,20D,22D,23D,24D,25D,26D,27D,28D,29D,30D. The second-order valence-corrected chi connectivity index (χ2v) is 10.0. The Hall–Kier alpha value is -5.98. The van der Waals surface area contributed by atoms with Crippen molar-refractivity contribution in [1.29, 1.82) is 0 Å². The van der Waals surface area contributed by atoms with E-state index < -0.39 is 228 Å². The summed E-state index contributed by atoms with van der Waals surface area (Å²) >= 11 is 0. The molecule has 0 saturated heterocycles. The number of hydrogen-bond acceptors (Lipinski definition) is 0. The lowest BCUT2D eigenvalue weighted by molar-refractivity contribution is 1.60. The van der Waals surface area contributed by atoms with E-state index in [2.05, 4.69) is 0 Å². The van der Waals surface area contributed by atoms with E-state index in [-0.39, 0.29) is 16.7 Å². The summed E-state index contributed by atoms with van der Waals surface area (Å²) in [5.41, 5.74) is -3.88. The van der Waals surface area contributed by atoms with Gasteiger partial charge in [0.05, 0.1) is 35.6 Å². The lowest BCUT2D eigenvalue weighted by Crippen LogP contribution is -1.93. The zero-order valence-electron chi connectivity index (χ0n) is 49.3. The molecule has 0 unspecified atom stereocenters. The van der Waals surface area contributed by atoms with Crippen LogP contribution in [0, 0.1) is 0 Å². The third-order valence-corrected chi connectivity index (χ3v) is 7.65. The van der Waals surface area contributed by atoms with Crippen molar-refractivity contribution in [2.24, 2.45) is 0 Å². The predicted molar refractivity (Wildman–Crippen MR) is 198 cm³/mol. The maximum Gasteiger partial charge on any atom is 0.0629 e. The Bertz CT molecular complexity index is 3930. The average Bonchev–Trinajstić information content (AvgIpc) is 3.36. The SMILES string of the molecule is [2H]c1c([2H])c([2H])c(-c2ccccc2-c2c([2H])c([2H])c([2H])c3c(-c4c5c([2H])c([2H])c([2H])c([2H])c5c(-c5c([2H])c([2H])c([2H])c6c([2H])c([2H])c([2H])c([2H])c56)c5c([2H])c([2H])c([2H])c([2H])c45)c([2H])c([2H])c([2H])c23)c([2H])c1[2H]. The van der Waals surface area contributed by atoms with E-state index in [0.29, 0.717) is 0 Å². The molecule has 0 heteroatoms. The summed E-state index contributed by atoms with van der Waals surface area (Å²) in [6, 6.07) is -17.4. The Morgan fingerprint density at radius 1 is 0.283 bits per heavy atom. The van der Waals surface area contributed by atoms with Crippen molar-refractivity contribution in [3.05, 3.63) is 181 Å². The van der Waals surface area contributed by atoms with Gasteiger partial charge in [-0.25, -0.2) is 0 Å². The summed E-state index contributed by atoms with van der Waals surface area (Å²) in [4.78, 5) is 0. The molecule has 0 atom stereocenters. The molecular weight excluding hydrogens is 553 g/mol. The van der Waals surface area contributed by atoms with Crippen LogP contribution >= 0.6 is 0 Å². The third kappa shape index (κ3) is 4.15. The Balaban J connectivity index is 1.64. The minimum absolute atomic E-state index is 0.129. The first-order valence-electron chi connectivity index (χ1n) is 26.8. The Morgan fingerprint density at radius 3 is 1.33 bits per heavy atom. The molecule has 9 rings (SSSR count). The molecule has 0 aliphatic heterocycles. The van der Waals surface area contributed by atoms with Gasteiger partial charge < -0.3 is 0 Å². The summed E-state index contributed by atoms with van der Waals surface area (Å²) in [5, 5.41) is -5.24. The van der Waals surface area contributed by atoms with Crippen LogP contribution in [-0.4, -0.2) is 0 Å². The normalized spacial score (nSPS) is 19.4. The first-order valence-corrected chi connectivity index (χ1v) is 13.8. The fraction of sp³-hybridized carbons (Fsp3) is 0. The van der Waals surface area contributed by atoms with Crippen molar-refractivity contribution in [3.8, 4) is 44.5 Å². The van der Waals surface area contributed by atoms with E-state index in [4.69, 9.17) is 20.6 Å². The van der Waals surface area contributed by atoms with Crippen LogP contribution in [0.3, 0.4) is 0 Å². The average molecular weight is 609 g/mol. The van der Waals surface area contributed by atoms with Crippen LogP contribution in [-0.2, 0) is 0 Å². The Kier molecular flexibility index (Phi) is 2.63. The molecule has 0 spiro atoms. The van der Waals surface area contributed by atoms with Crippen molar-refractivity contribution < 1.29 is 35.6 Å². The predicted octanol–water partition coefficient (Wildman–Crippen LogP) is 13.0. The van der Waals surface area contributed by atoms with E-state index in [1.165, 1.54) is 24.3 Å². The highest BCUT2D eigenvalue weighted by Gasteiger charge is 2.20. The largest absolute Gasteiger partial charge is 0.0629 e. The minimum atomic E-state index is -0.981. The van der Waals surface area contributed by atoms with Gasteiger partial charge in [0.1, 0.15) is 0 Å². The number of benzene rings is 9. The molecule has 0 aliphatic carbocycles. The molecule has 9 aromatic carbocycles. The van der Waals surface area contributed by atoms with Gasteiger partial charge in [-0.3, -0.25) is 0 Å². The molecule has 0 N–H and O–H groups in total. The lowest BCUT2D eigenvalue weighted by Gasteiger charge is -2.20. The van der Waals surface area contributed by atoms with Gasteiger partial charge in [-0.1, -0.05) is 181 Å².